The number of hydrogen-bond donors (Lipinski definition) is 1. The van der Waals surface area contributed by atoms with Gasteiger partial charge in [0.25, 0.3) is 5.91 Å². The summed E-state index contributed by atoms with van der Waals surface area (Å²) < 4.78 is 1.79. The Morgan fingerprint density at radius 3 is 2.76 bits per heavy atom. The monoisotopic (exact) mass is 341 g/mol. The second kappa shape index (κ2) is 6.41. The number of amides is 1. The Morgan fingerprint density at radius 1 is 1.36 bits per heavy atom. The summed E-state index contributed by atoms with van der Waals surface area (Å²) in [5.74, 6) is 0.506. The van der Waals surface area contributed by atoms with Crippen LogP contribution in [0, 0.1) is 6.92 Å². The van der Waals surface area contributed by atoms with Crippen LogP contribution in [0.15, 0.2) is 6.07 Å². The molecule has 0 radical (unpaired) electrons. The highest BCUT2D eigenvalue weighted by molar-refractivity contribution is 6.06. The van der Waals surface area contributed by atoms with Crippen LogP contribution in [0.2, 0.25) is 0 Å². The number of rotatable bonds is 5. The molecule has 1 saturated carbocycles. The second-order valence-corrected chi connectivity index (χ2v) is 7.58. The quantitative estimate of drug-likeness (QED) is 0.907. The standard InChI is InChI=1S/C19H27N5O/c1-12(24-8-4-5-9-24)11-20-19(25)15-10-16(14-6-7-14)21-18-17(15)13(2)22-23(18)3/h10,12,14H,4-9,11H2,1-3H3,(H,20,25). The highest BCUT2D eigenvalue weighted by Crippen LogP contribution is 2.40. The Morgan fingerprint density at radius 2 is 2.08 bits per heavy atom. The molecule has 6 nitrogen and oxygen atoms in total. The Labute approximate surface area is 148 Å². The van der Waals surface area contributed by atoms with Crippen LogP contribution < -0.4 is 5.32 Å². The van der Waals surface area contributed by atoms with Crippen molar-refractivity contribution in [2.45, 2.75) is 51.5 Å². The second-order valence-electron chi connectivity index (χ2n) is 7.58. The van der Waals surface area contributed by atoms with E-state index in [1.165, 1.54) is 25.7 Å². The van der Waals surface area contributed by atoms with E-state index in [2.05, 4.69) is 22.2 Å². The highest BCUT2D eigenvalue weighted by Gasteiger charge is 2.28. The molecule has 2 aromatic heterocycles. The molecule has 1 aliphatic carbocycles. The number of likely N-dealkylation sites (tertiary alicyclic amines) is 1. The molecule has 1 atom stereocenters. The van der Waals surface area contributed by atoms with Crippen LogP contribution in [0.4, 0.5) is 0 Å². The van der Waals surface area contributed by atoms with Crippen LogP contribution in [-0.2, 0) is 7.05 Å². The van der Waals surface area contributed by atoms with Gasteiger partial charge in [-0.1, -0.05) is 0 Å². The molecular formula is C19H27N5O. The fourth-order valence-corrected chi connectivity index (χ4v) is 3.88. The summed E-state index contributed by atoms with van der Waals surface area (Å²) in [4.78, 5) is 20.2. The topological polar surface area (TPSA) is 63.1 Å². The van der Waals surface area contributed by atoms with E-state index < -0.39 is 0 Å². The molecule has 3 heterocycles. The Balaban J connectivity index is 1.59. The minimum atomic E-state index is -0.00329. The molecule has 2 fully saturated rings. The van der Waals surface area contributed by atoms with Crippen LogP contribution >= 0.6 is 0 Å². The summed E-state index contributed by atoms with van der Waals surface area (Å²) in [5.41, 5.74) is 3.45. The van der Waals surface area contributed by atoms with Crippen LogP contribution in [-0.4, -0.2) is 51.2 Å². The lowest BCUT2D eigenvalue weighted by molar-refractivity contribution is 0.0942. The van der Waals surface area contributed by atoms with Crippen LogP contribution in [0.1, 0.15) is 60.3 Å². The number of aryl methyl sites for hydroxylation is 2. The summed E-state index contributed by atoms with van der Waals surface area (Å²) >= 11 is 0. The Bertz CT molecular complexity index is 802. The molecule has 4 rings (SSSR count). The zero-order valence-electron chi connectivity index (χ0n) is 15.4. The van der Waals surface area contributed by atoms with Gasteiger partial charge < -0.3 is 5.32 Å². The molecule has 1 N–H and O–H groups in total. The van der Waals surface area contributed by atoms with Crippen LogP contribution in [0.25, 0.3) is 11.0 Å². The van der Waals surface area contributed by atoms with Crippen molar-refractivity contribution in [3.05, 3.63) is 23.0 Å². The number of carbonyl (C=O) groups excluding carboxylic acids is 1. The van der Waals surface area contributed by atoms with Crippen molar-refractivity contribution >= 4 is 16.9 Å². The van der Waals surface area contributed by atoms with E-state index in [1.807, 2.05) is 20.0 Å². The maximum absolute atomic E-state index is 12.9. The van der Waals surface area contributed by atoms with Gasteiger partial charge >= 0.3 is 0 Å². The third kappa shape index (κ3) is 3.15. The van der Waals surface area contributed by atoms with Crippen LogP contribution in [0.5, 0.6) is 0 Å². The first kappa shape index (κ1) is 16.5. The molecule has 134 valence electrons. The number of nitrogens with one attached hydrogen (secondary N) is 1. The van der Waals surface area contributed by atoms with Crippen molar-refractivity contribution in [1.82, 2.24) is 25.0 Å². The summed E-state index contributed by atoms with van der Waals surface area (Å²) in [5, 5.41) is 8.51. The normalized spacial score (nSPS) is 19.5. The summed E-state index contributed by atoms with van der Waals surface area (Å²) in [6.45, 7) is 7.11. The van der Waals surface area contributed by atoms with Crippen LogP contribution in [0.3, 0.4) is 0 Å². The van der Waals surface area contributed by atoms with Gasteiger partial charge in [0.05, 0.1) is 16.6 Å². The smallest absolute Gasteiger partial charge is 0.252 e. The lowest BCUT2D eigenvalue weighted by Crippen LogP contribution is -2.40. The number of aromatic nitrogens is 3. The molecular weight excluding hydrogens is 314 g/mol. The molecule has 1 unspecified atom stereocenters. The maximum atomic E-state index is 12.9. The zero-order chi connectivity index (χ0) is 17.6. The highest BCUT2D eigenvalue weighted by atomic mass is 16.1. The van der Waals surface area contributed by atoms with Crippen molar-refractivity contribution in [1.29, 1.82) is 0 Å². The van der Waals surface area contributed by atoms with Gasteiger partial charge in [0.2, 0.25) is 0 Å². The van der Waals surface area contributed by atoms with Crippen molar-refractivity contribution in [2.75, 3.05) is 19.6 Å². The number of hydrogen-bond acceptors (Lipinski definition) is 4. The molecule has 2 aromatic rings. The molecule has 25 heavy (non-hydrogen) atoms. The predicted octanol–water partition coefficient (Wildman–Crippen LogP) is 2.37. The van der Waals surface area contributed by atoms with E-state index in [0.29, 0.717) is 18.5 Å². The van der Waals surface area contributed by atoms with Gasteiger partial charge in [0.1, 0.15) is 0 Å². The fourth-order valence-electron chi connectivity index (χ4n) is 3.88. The average Bonchev–Trinajstić information content (AvgIpc) is 3.23. The van der Waals surface area contributed by atoms with Gasteiger partial charge in [0, 0.05) is 31.2 Å². The van der Waals surface area contributed by atoms with Crippen molar-refractivity contribution in [3.8, 4) is 0 Å². The SMILES string of the molecule is Cc1nn(C)c2nc(C3CC3)cc(C(=O)NCC(C)N3CCCC3)c12. The summed E-state index contributed by atoms with van der Waals surface area (Å²) in [6, 6.07) is 2.37. The number of fused-ring (bicyclic) bond motifs is 1. The minimum absolute atomic E-state index is 0.00329. The Kier molecular flexibility index (Phi) is 4.23. The lowest BCUT2D eigenvalue weighted by Gasteiger charge is -2.24. The lowest BCUT2D eigenvalue weighted by atomic mass is 10.1. The largest absolute Gasteiger partial charge is 0.350 e. The maximum Gasteiger partial charge on any atom is 0.252 e. The van der Waals surface area contributed by atoms with Gasteiger partial charge in [-0.3, -0.25) is 14.4 Å². The molecule has 1 saturated heterocycles. The first-order chi connectivity index (χ1) is 12.0. The van der Waals surface area contributed by atoms with Gasteiger partial charge in [0.15, 0.2) is 5.65 Å². The summed E-state index contributed by atoms with van der Waals surface area (Å²) in [7, 11) is 1.90. The molecule has 0 spiro atoms. The first-order valence-corrected chi connectivity index (χ1v) is 9.41. The zero-order valence-corrected chi connectivity index (χ0v) is 15.4. The van der Waals surface area contributed by atoms with Gasteiger partial charge in [-0.05, 0) is 58.7 Å². The van der Waals surface area contributed by atoms with Crippen molar-refractivity contribution in [3.63, 3.8) is 0 Å². The minimum Gasteiger partial charge on any atom is -0.350 e. The first-order valence-electron chi connectivity index (χ1n) is 9.41. The number of carbonyl (C=O) groups is 1. The van der Waals surface area contributed by atoms with Gasteiger partial charge in [-0.15, -0.1) is 0 Å². The molecule has 2 aliphatic rings. The average molecular weight is 341 g/mol. The fraction of sp³-hybridized carbons (Fsp3) is 0.632. The van der Waals surface area contributed by atoms with Gasteiger partial charge in [-0.2, -0.15) is 5.10 Å². The number of nitrogens with zero attached hydrogens (tertiary/aromatic N) is 4. The third-order valence-electron chi connectivity index (χ3n) is 5.55. The molecule has 0 bridgehead atoms. The number of pyridine rings is 1. The van der Waals surface area contributed by atoms with E-state index in [-0.39, 0.29) is 5.91 Å². The molecule has 0 aromatic carbocycles. The molecule has 1 aliphatic heterocycles. The Hall–Kier alpha value is -1.95. The van der Waals surface area contributed by atoms with E-state index >= 15 is 0 Å². The van der Waals surface area contributed by atoms with E-state index in [4.69, 9.17) is 4.98 Å². The van der Waals surface area contributed by atoms with E-state index in [9.17, 15) is 4.79 Å². The third-order valence-corrected chi connectivity index (χ3v) is 5.55. The van der Waals surface area contributed by atoms with Gasteiger partial charge in [-0.25, -0.2) is 4.98 Å². The molecule has 6 heteroatoms. The van der Waals surface area contributed by atoms with Crippen molar-refractivity contribution in [2.24, 2.45) is 7.05 Å². The molecule has 1 amide bonds. The van der Waals surface area contributed by atoms with Crippen molar-refractivity contribution < 1.29 is 4.79 Å². The van der Waals surface area contributed by atoms with E-state index in [1.54, 1.807) is 4.68 Å². The van der Waals surface area contributed by atoms with E-state index in [0.717, 1.165) is 41.1 Å². The predicted molar refractivity (Wildman–Crippen MR) is 97.8 cm³/mol. The summed E-state index contributed by atoms with van der Waals surface area (Å²) in [6.07, 6.45) is 4.87.